The van der Waals surface area contributed by atoms with Gasteiger partial charge < -0.3 is 4.90 Å². The van der Waals surface area contributed by atoms with E-state index in [-0.39, 0.29) is 0 Å². The molecule has 0 atom stereocenters. The molecule has 2 aromatic carbocycles. The van der Waals surface area contributed by atoms with E-state index >= 15 is 0 Å². The Hall–Kier alpha value is -4.18. The minimum absolute atomic E-state index is 0.542. The molecule has 166 valence electrons. The van der Waals surface area contributed by atoms with Gasteiger partial charge in [0.1, 0.15) is 17.9 Å². The first-order valence-electron chi connectivity index (χ1n) is 10.8. The van der Waals surface area contributed by atoms with Crippen molar-refractivity contribution in [2.75, 3.05) is 18.5 Å². The number of carbonyl (C=O) groups is 1. The van der Waals surface area contributed by atoms with Crippen molar-refractivity contribution in [1.29, 1.82) is 5.26 Å². The molecule has 0 radical (unpaired) electrons. The fraction of sp³-hybridized carbons (Fsp3) is 0.231. The van der Waals surface area contributed by atoms with Crippen molar-refractivity contribution < 1.29 is 4.79 Å². The van der Waals surface area contributed by atoms with Crippen LogP contribution in [-0.2, 0) is 19.9 Å². The van der Waals surface area contributed by atoms with E-state index < -0.39 is 0 Å². The fourth-order valence-corrected chi connectivity index (χ4v) is 3.99. The summed E-state index contributed by atoms with van der Waals surface area (Å²) < 4.78 is 3.47. The number of likely N-dealkylation sites (N-methyl/N-ethyl adjacent to an activating group) is 1. The van der Waals surface area contributed by atoms with Gasteiger partial charge in [0.2, 0.25) is 0 Å². The molecule has 0 N–H and O–H groups in total. The summed E-state index contributed by atoms with van der Waals surface area (Å²) in [7, 11) is 3.72. The van der Waals surface area contributed by atoms with Crippen molar-refractivity contribution in [3.05, 3.63) is 94.4 Å². The zero-order valence-electron chi connectivity index (χ0n) is 19.1. The van der Waals surface area contributed by atoms with Gasteiger partial charge in [-0.3, -0.25) is 9.48 Å². The van der Waals surface area contributed by atoms with Crippen molar-refractivity contribution in [3.8, 4) is 11.8 Å². The molecule has 0 fully saturated rings. The Morgan fingerprint density at radius 1 is 1.18 bits per heavy atom. The second-order valence-electron chi connectivity index (χ2n) is 8.21. The molecule has 0 saturated carbocycles. The molecule has 4 aromatic rings. The molecule has 0 bridgehead atoms. The van der Waals surface area contributed by atoms with Crippen LogP contribution in [0.15, 0.2) is 61.1 Å². The van der Waals surface area contributed by atoms with Gasteiger partial charge in [0, 0.05) is 44.8 Å². The fourth-order valence-electron chi connectivity index (χ4n) is 3.99. The van der Waals surface area contributed by atoms with Gasteiger partial charge in [-0.2, -0.15) is 15.5 Å². The summed E-state index contributed by atoms with van der Waals surface area (Å²) in [4.78, 5) is 13.8. The van der Waals surface area contributed by atoms with Crippen molar-refractivity contribution in [2.45, 2.75) is 19.8 Å². The Kier molecular flexibility index (Phi) is 6.36. The summed E-state index contributed by atoms with van der Waals surface area (Å²) in [5.41, 5.74) is 6.74. The molecule has 7 nitrogen and oxygen atoms in total. The molecule has 7 heteroatoms. The zero-order chi connectivity index (χ0) is 23.4. The number of nitriles is 1. The monoisotopic (exact) mass is 438 g/mol. The number of hydrogen-bond donors (Lipinski definition) is 0. The van der Waals surface area contributed by atoms with Crippen LogP contribution in [-0.4, -0.2) is 39.4 Å². The van der Waals surface area contributed by atoms with Crippen LogP contribution >= 0.6 is 0 Å². The summed E-state index contributed by atoms with van der Waals surface area (Å²) in [5, 5.41) is 18.0. The first-order valence-corrected chi connectivity index (χ1v) is 10.8. The van der Waals surface area contributed by atoms with Gasteiger partial charge in [-0.05, 0) is 66.3 Å². The first-order chi connectivity index (χ1) is 16.0. The SMILES string of the molecule is Cc1cc(CCN(C)c2nn(C)cc2C#N)c(C=O)cc1Cc1ccc(-n2cccn2)cc1. The average molecular weight is 439 g/mol. The quantitative estimate of drug-likeness (QED) is 0.390. The Bertz CT molecular complexity index is 1300. The number of aromatic nitrogens is 4. The Balaban J connectivity index is 1.48. The maximum absolute atomic E-state index is 11.9. The third-order valence-electron chi connectivity index (χ3n) is 5.83. The number of aryl methyl sites for hydroxylation is 2. The molecule has 2 heterocycles. The summed E-state index contributed by atoms with van der Waals surface area (Å²) in [5.74, 6) is 0.652. The highest BCUT2D eigenvalue weighted by Gasteiger charge is 2.14. The van der Waals surface area contributed by atoms with Gasteiger partial charge in [-0.15, -0.1) is 0 Å². The van der Waals surface area contributed by atoms with Gasteiger partial charge in [0.25, 0.3) is 0 Å². The molecule has 0 aliphatic heterocycles. The topological polar surface area (TPSA) is 79.7 Å². The molecule has 0 unspecified atom stereocenters. The van der Waals surface area contributed by atoms with Crippen molar-refractivity contribution in [2.24, 2.45) is 7.05 Å². The van der Waals surface area contributed by atoms with E-state index in [0.717, 1.165) is 35.1 Å². The van der Waals surface area contributed by atoms with Crippen LogP contribution < -0.4 is 4.90 Å². The Labute approximate surface area is 193 Å². The Morgan fingerprint density at radius 2 is 1.97 bits per heavy atom. The van der Waals surface area contributed by atoms with Crippen LogP contribution in [0.3, 0.4) is 0 Å². The van der Waals surface area contributed by atoms with E-state index in [0.29, 0.717) is 29.9 Å². The van der Waals surface area contributed by atoms with Crippen LogP contribution in [0.1, 0.15) is 38.2 Å². The van der Waals surface area contributed by atoms with Crippen LogP contribution in [0.4, 0.5) is 5.82 Å². The minimum atomic E-state index is 0.542. The minimum Gasteiger partial charge on any atom is -0.357 e. The number of anilines is 1. The largest absolute Gasteiger partial charge is 0.357 e. The van der Waals surface area contributed by atoms with Gasteiger partial charge in [0.15, 0.2) is 5.82 Å². The molecule has 0 amide bonds. The lowest BCUT2D eigenvalue weighted by atomic mass is 9.94. The molecule has 33 heavy (non-hydrogen) atoms. The summed E-state index contributed by atoms with van der Waals surface area (Å²) >= 11 is 0. The van der Waals surface area contributed by atoms with E-state index in [9.17, 15) is 10.1 Å². The van der Waals surface area contributed by atoms with Crippen LogP contribution in [0.25, 0.3) is 5.69 Å². The van der Waals surface area contributed by atoms with Gasteiger partial charge in [0.05, 0.1) is 5.69 Å². The van der Waals surface area contributed by atoms with E-state index in [2.05, 4.69) is 53.5 Å². The molecular weight excluding hydrogens is 412 g/mol. The lowest BCUT2D eigenvalue weighted by Crippen LogP contribution is -2.22. The number of hydrogen-bond acceptors (Lipinski definition) is 5. The third-order valence-corrected chi connectivity index (χ3v) is 5.83. The third kappa shape index (κ3) is 4.85. The lowest BCUT2D eigenvalue weighted by molar-refractivity contribution is 0.112. The molecule has 2 aromatic heterocycles. The van der Waals surface area contributed by atoms with Crippen molar-refractivity contribution in [3.63, 3.8) is 0 Å². The van der Waals surface area contributed by atoms with Crippen LogP contribution in [0, 0.1) is 18.3 Å². The van der Waals surface area contributed by atoms with E-state index in [1.807, 2.05) is 35.0 Å². The van der Waals surface area contributed by atoms with Crippen molar-refractivity contribution >= 4 is 12.1 Å². The molecular formula is C26H26N6O. The highest BCUT2D eigenvalue weighted by Crippen LogP contribution is 2.22. The van der Waals surface area contributed by atoms with E-state index in [4.69, 9.17) is 0 Å². The normalized spacial score (nSPS) is 10.7. The molecule has 0 aliphatic rings. The predicted octanol–water partition coefficient (Wildman–Crippen LogP) is 3.87. The molecule has 4 rings (SSSR count). The second-order valence-corrected chi connectivity index (χ2v) is 8.21. The maximum atomic E-state index is 11.9. The highest BCUT2D eigenvalue weighted by molar-refractivity contribution is 5.78. The number of nitrogens with zero attached hydrogens (tertiary/aromatic N) is 6. The number of benzene rings is 2. The van der Waals surface area contributed by atoms with Crippen LogP contribution in [0.5, 0.6) is 0 Å². The number of aldehydes is 1. The van der Waals surface area contributed by atoms with Gasteiger partial charge in [-0.1, -0.05) is 18.2 Å². The van der Waals surface area contributed by atoms with Crippen molar-refractivity contribution in [1.82, 2.24) is 19.6 Å². The molecule has 0 aliphatic carbocycles. The van der Waals surface area contributed by atoms with E-state index in [1.165, 1.54) is 5.56 Å². The summed E-state index contributed by atoms with van der Waals surface area (Å²) in [6, 6.07) is 16.5. The first kappa shape index (κ1) is 22.0. The summed E-state index contributed by atoms with van der Waals surface area (Å²) in [6.45, 7) is 2.74. The molecule has 0 saturated heterocycles. The smallest absolute Gasteiger partial charge is 0.168 e. The highest BCUT2D eigenvalue weighted by atomic mass is 16.1. The van der Waals surface area contributed by atoms with Gasteiger partial charge in [-0.25, -0.2) is 4.68 Å². The number of rotatable bonds is 8. The maximum Gasteiger partial charge on any atom is 0.168 e. The average Bonchev–Trinajstić information content (AvgIpc) is 3.49. The van der Waals surface area contributed by atoms with E-state index in [1.54, 1.807) is 24.1 Å². The van der Waals surface area contributed by atoms with Crippen LogP contribution in [0.2, 0.25) is 0 Å². The lowest BCUT2D eigenvalue weighted by Gasteiger charge is -2.18. The number of carbonyl (C=O) groups excluding carboxylic acids is 1. The predicted molar refractivity (Wildman–Crippen MR) is 128 cm³/mol. The Morgan fingerprint density at radius 3 is 2.64 bits per heavy atom. The second kappa shape index (κ2) is 9.53. The zero-order valence-corrected chi connectivity index (χ0v) is 19.1. The standard InChI is InChI=1S/C26H26N6O/c1-19-13-21(9-12-30(2)26-24(16-27)17-31(3)29-26)23(18-33)15-22(19)14-20-5-7-25(8-6-20)32-11-4-10-28-32/h4-8,10-11,13,15,17-18H,9,12,14H2,1-3H3. The molecule has 0 spiro atoms. The van der Waals surface area contributed by atoms with Gasteiger partial charge >= 0.3 is 0 Å². The summed E-state index contributed by atoms with van der Waals surface area (Å²) in [6.07, 6.45) is 7.76.